The number of fused-ring (bicyclic) bond motifs is 1. The highest BCUT2D eigenvalue weighted by Crippen LogP contribution is 2.13. The lowest BCUT2D eigenvalue weighted by Gasteiger charge is -2.03. The van der Waals surface area contributed by atoms with Crippen LogP contribution in [0.15, 0.2) is 29.0 Å². The number of amides is 1. The van der Waals surface area contributed by atoms with Gasteiger partial charge in [0.15, 0.2) is 12.0 Å². The first-order valence-corrected chi connectivity index (χ1v) is 4.91. The lowest BCUT2D eigenvalue weighted by molar-refractivity contribution is 0.0937. The SMILES string of the molecule is COCCNC(=O)c1ccc2ncoc2c1. The van der Waals surface area contributed by atoms with Gasteiger partial charge in [-0.2, -0.15) is 0 Å². The number of carbonyl (C=O) groups is 1. The number of aromatic nitrogens is 1. The molecule has 0 bridgehead atoms. The lowest BCUT2D eigenvalue weighted by atomic mass is 10.2. The van der Waals surface area contributed by atoms with Gasteiger partial charge in [0.2, 0.25) is 0 Å². The molecule has 0 radical (unpaired) electrons. The van der Waals surface area contributed by atoms with Crippen molar-refractivity contribution in [1.29, 1.82) is 0 Å². The van der Waals surface area contributed by atoms with Gasteiger partial charge in [-0.15, -0.1) is 0 Å². The van der Waals surface area contributed by atoms with Crippen molar-refractivity contribution in [2.24, 2.45) is 0 Å². The van der Waals surface area contributed by atoms with E-state index in [1.165, 1.54) is 6.39 Å². The van der Waals surface area contributed by atoms with E-state index in [1.54, 1.807) is 25.3 Å². The smallest absolute Gasteiger partial charge is 0.251 e. The number of oxazole rings is 1. The Kier molecular flexibility index (Phi) is 3.16. The average molecular weight is 220 g/mol. The van der Waals surface area contributed by atoms with E-state index < -0.39 is 0 Å². The molecule has 2 aromatic rings. The highest BCUT2D eigenvalue weighted by molar-refractivity contribution is 5.96. The van der Waals surface area contributed by atoms with Crippen LogP contribution in [0, 0.1) is 0 Å². The van der Waals surface area contributed by atoms with Gasteiger partial charge in [-0.05, 0) is 18.2 Å². The number of nitrogens with zero attached hydrogens (tertiary/aromatic N) is 1. The topological polar surface area (TPSA) is 64.4 Å². The van der Waals surface area contributed by atoms with Gasteiger partial charge in [0.25, 0.3) is 5.91 Å². The minimum atomic E-state index is -0.143. The monoisotopic (exact) mass is 220 g/mol. The summed E-state index contributed by atoms with van der Waals surface area (Å²) in [5.41, 5.74) is 1.91. The van der Waals surface area contributed by atoms with E-state index in [4.69, 9.17) is 9.15 Å². The number of carbonyl (C=O) groups excluding carboxylic acids is 1. The van der Waals surface area contributed by atoms with Crippen LogP contribution in [0.25, 0.3) is 11.1 Å². The Bertz CT molecular complexity index is 493. The van der Waals surface area contributed by atoms with E-state index >= 15 is 0 Å². The van der Waals surface area contributed by atoms with Gasteiger partial charge in [0.1, 0.15) is 5.52 Å². The maximum atomic E-state index is 11.7. The molecule has 1 aromatic carbocycles. The van der Waals surface area contributed by atoms with Crippen LogP contribution in [-0.4, -0.2) is 31.2 Å². The summed E-state index contributed by atoms with van der Waals surface area (Å²) in [5.74, 6) is -0.143. The zero-order chi connectivity index (χ0) is 11.4. The number of methoxy groups -OCH3 is 1. The van der Waals surface area contributed by atoms with Crippen molar-refractivity contribution in [3.8, 4) is 0 Å². The molecule has 2 rings (SSSR count). The normalized spacial score (nSPS) is 10.6. The summed E-state index contributed by atoms with van der Waals surface area (Å²) in [4.78, 5) is 15.6. The fraction of sp³-hybridized carbons (Fsp3) is 0.273. The van der Waals surface area contributed by atoms with Crippen LogP contribution in [0.1, 0.15) is 10.4 Å². The van der Waals surface area contributed by atoms with Crippen LogP contribution in [0.3, 0.4) is 0 Å². The second kappa shape index (κ2) is 4.76. The molecular weight excluding hydrogens is 208 g/mol. The van der Waals surface area contributed by atoms with Gasteiger partial charge in [0, 0.05) is 19.2 Å². The molecule has 84 valence electrons. The summed E-state index contributed by atoms with van der Waals surface area (Å²) in [6.45, 7) is 0.986. The lowest BCUT2D eigenvalue weighted by Crippen LogP contribution is -2.26. The van der Waals surface area contributed by atoms with Gasteiger partial charge in [-0.1, -0.05) is 0 Å². The second-order valence-corrected chi connectivity index (χ2v) is 3.28. The molecule has 5 heteroatoms. The van der Waals surface area contributed by atoms with Crippen molar-refractivity contribution in [1.82, 2.24) is 10.3 Å². The predicted molar refractivity (Wildman–Crippen MR) is 58.2 cm³/mol. The number of ether oxygens (including phenoxy) is 1. The molecule has 0 saturated carbocycles. The Balaban J connectivity index is 2.10. The van der Waals surface area contributed by atoms with Gasteiger partial charge >= 0.3 is 0 Å². The molecule has 1 N–H and O–H groups in total. The Labute approximate surface area is 92.4 Å². The quantitative estimate of drug-likeness (QED) is 0.786. The van der Waals surface area contributed by atoms with Crippen molar-refractivity contribution in [3.63, 3.8) is 0 Å². The van der Waals surface area contributed by atoms with E-state index in [1.807, 2.05) is 0 Å². The molecule has 0 aliphatic heterocycles. The van der Waals surface area contributed by atoms with Crippen LogP contribution < -0.4 is 5.32 Å². The van der Waals surface area contributed by atoms with E-state index in [0.29, 0.717) is 24.3 Å². The zero-order valence-corrected chi connectivity index (χ0v) is 8.90. The maximum absolute atomic E-state index is 11.7. The van der Waals surface area contributed by atoms with Crippen LogP contribution in [0.4, 0.5) is 0 Å². The van der Waals surface area contributed by atoms with Gasteiger partial charge in [-0.3, -0.25) is 4.79 Å². The minimum Gasteiger partial charge on any atom is -0.443 e. The summed E-state index contributed by atoms with van der Waals surface area (Å²) in [7, 11) is 1.59. The first kappa shape index (κ1) is 10.6. The fourth-order valence-corrected chi connectivity index (χ4v) is 1.37. The third-order valence-electron chi connectivity index (χ3n) is 2.19. The molecule has 0 atom stereocenters. The Morgan fingerprint density at radius 2 is 2.44 bits per heavy atom. The van der Waals surface area contributed by atoms with E-state index in [2.05, 4.69) is 10.3 Å². The van der Waals surface area contributed by atoms with Gasteiger partial charge < -0.3 is 14.5 Å². The van der Waals surface area contributed by atoms with Crippen LogP contribution >= 0.6 is 0 Å². The fourth-order valence-electron chi connectivity index (χ4n) is 1.37. The Morgan fingerprint density at radius 1 is 1.56 bits per heavy atom. The maximum Gasteiger partial charge on any atom is 0.251 e. The van der Waals surface area contributed by atoms with Crippen LogP contribution in [0.5, 0.6) is 0 Å². The molecular formula is C11H12N2O3. The summed E-state index contributed by atoms with van der Waals surface area (Å²) in [6, 6.07) is 5.14. The number of hydrogen-bond acceptors (Lipinski definition) is 4. The van der Waals surface area contributed by atoms with Crippen molar-refractivity contribution < 1.29 is 13.9 Å². The van der Waals surface area contributed by atoms with Crippen molar-refractivity contribution in [2.75, 3.05) is 20.3 Å². The summed E-state index contributed by atoms with van der Waals surface area (Å²) < 4.78 is 9.96. The highest BCUT2D eigenvalue weighted by Gasteiger charge is 2.07. The molecule has 0 aliphatic rings. The molecule has 16 heavy (non-hydrogen) atoms. The average Bonchev–Trinajstić information content (AvgIpc) is 2.76. The molecule has 0 spiro atoms. The number of hydrogen-bond donors (Lipinski definition) is 1. The first-order valence-electron chi connectivity index (χ1n) is 4.91. The van der Waals surface area contributed by atoms with Gasteiger partial charge in [0.05, 0.1) is 6.61 Å². The minimum absolute atomic E-state index is 0.143. The highest BCUT2D eigenvalue weighted by atomic mass is 16.5. The van der Waals surface area contributed by atoms with Gasteiger partial charge in [-0.25, -0.2) is 4.98 Å². The first-order chi connectivity index (χ1) is 7.81. The molecule has 1 aromatic heterocycles. The van der Waals surface area contributed by atoms with E-state index in [-0.39, 0.29) is 5.91 Å². The zero-order valence-electron chi connectivity index (χ0n) is 8.90. The number of nitrogens with one attached hydrogen (secondary N) is 1. The standard InChI is InChI=1S/C11H12N2O3/c1-15-5-4-12-11(14)8-2-3-9-10(6-8)16-7-13-9/h2-3,6-7H,4-5H2,1H3,(H,12,14). The van der Waals surface area contributed by atoms with Crippen molar-refractivity contribution in [2.45, 2.75) is 0 Å². The summed E-state index contributed by atoms with van der Waals surface area (Å²) >= 11 is 0. The molecule has 0 saturated heterocycles. The predicted octanol–water partition coefficient (Wildman–Crippen LogP) is 1.20. The van der Waals surface area contributed by atoms with Crippen molar-refractivity contribution >= 4 is 17.0 Å². The molecule has 5 nitrogen and oxygen atoms in total. The molecule has 1 heterocycles. The molecule has 1 amide bonds. The third kappa shape index (κ3) is 2.20. The second-order valence-electron chi connectivity index (χ2n) is 3.28. The third-order valence-corrected chi connectivity index (χ3v) is 2.19. The largest absolute Gasteiger partial charge is 0.443 e. The van der Waals surface area contributed by atoms with Crippen molar-refractivity contribution in [3.05, 3.63) is 30.2 Å². The number of rotatable bonds is 4. The molecule has 0 fully saturated rings. The Morgan fingerprint density at radius 3 is 3.25 bits per heavy atom. The van der Waals surface area contributed by atoms with Crippen LogP contribution in [-0.2, 0) is 4.74 Å². The van der Waals surface area contributed by atoms with Crippen LogP contribution in [0.2, 0.25) is 0 Å². The Hall–Kier alpha value is -1.88. The molecule has 0 aliphatic carbocycles. The summed E-state index contributed by atoms with van der Waals surface area (Å²) in [6.07, 6.45) is 1.36. The van der Waals surface area contributed by atoms with E-state index in [9.17, 15) is 4.79 Å². The number of benzene rings is 1. The molecule has 0 unspecified atom stereocenters. The van der Waals surface area contributed by atoms with E-state index in [0.717, 1.165) is 5.52 Å². The summed E-state index contributed by atoms with van der Waals surface area (Å²) in [5, 5.41) is 2.73.